The van der Waals surface area contributed by atoms with Crippen molar-refractivity contribution in [1.82, 2.24) is 0 Å². The highest BCUT2D eigenvalue weighted by molar-refractivity contribution is 7.99. The second-order valence-corrected chi connectivity index (χ2v) is 5.37. The first-order valence-electron chi connectivity index (χ1n) is 6.18. The number of anilines is 2. The summed E-state index contributed by atoms with van der Waals surface area (Å²) in [6.45, 7) is 0. The first-order valence-corrected chi connectivity index (χ1v) is 7.16. The molecule has 0 bridgehead atoms. The summed E-state index contributed by atoms with van der Waals surface area (Å²) in [6.07, 6.45) is 0.313. The van der Waals surface area contributed by atoms with Crippen LogP contribution in [0.15, 0.2) is 53.4 Å². The van der Waals surface area contributed by atoms with Crippen molar-refractivity contribution in [3.05, 3.63) is 54.3 Å². The molecule has 0 saturated carbocycles. The van der Waals surface area contributed by atoms with Gasteiger partial charge in [-0.05, 0) is 30.3 Å². The third-order valence-electron chi connectivity index (χ3n) is 2.60. The molecule has 3 N–H and O–H groups in total. The highest BCUT2D eigenvalue weighted by Gasteiger charge is 2.06. The number of nitrogens with two attached hydrogens (primary N) is 1. The van der Waals surface area contributed by atoms with Gasteiger partial charge in [-0.2, -0.15) is 0 Å². The van der Waals surface area contributed by atoms with Crippen molar-refractivity contribution in [1.29, 1.82) is 0 Å². The molecule has 0 aliphatic rings. The van der Waals surface area contributed by atoms with Crippen LogP contribution in [0.2, 0.25) is 0 Å². The Morgan fingerprint density at radius 1 is 1.20 bits per heavy atom. The zero-order valence-corrected chi connectivity index (χ0v) is 11.6. The molecule has 0 saturated heterocycles. The summed E-state index contributed by atoms with van der Waals surface area (Å²) < 4.78 is 13.3. The third kappa shape index (κ3) is 4.28. The summed E-state index contributed by atoms with van der Waals surface area (Å²) >= 11 is 1.54. The van der Waals surface area contributed by atoms with Gasteiger partial charge in [0.25, 0.3) is 0 Å². The van der Waals surface area contributed by atoms with Crippen molar-refractivity contribution in [2.75, 3.05) is 16.8 Å². The number of carbonyl (C=O) groups is 1. The van der Waals surface area contributed by atoms with Crippen LogP contribution in [0.25, 0.3) is 0 Å². The van der Waals surface area contributed by atoms with E-state index in [1.54, 1.807) is 23.9 Å². The fourth-order valence-corrected chi connectivity index (χ4v) is 2.56. The maximum absolute atomic E-state index is 13.3. The van der Waals surface area contributed by atoms with Crippen molar-refractivity contribution >= 4 is 29.0 Å². The lowest BCUT2D eigenvalue weighted by molar-refractivity contribution is -0.115. The van der Waals surface area contributed by atoms with Crippen LogP contribution in [0.1, 0.15) is 6.42 Å². The van der Waals surface area contributed by atoms with Crippen molar-refractivity contribution < 1.29 is 9.18 Å². The standard InChI is InChI=1S/C15H15FN2OS/c16-13-6-1-2-7-14(13)18-15(19)8-9-20-12-5-3-4-11(17)10-12/h1-7,10H,8-9,17H2,(H,18,19). The molecule has 3 nitrogen and oxygen atoms in total. The van der Waals surface area contributed by atoms with Crippen LogP contribution < -0.4 is 11.1 Å². The number of carbonyl (C=O) groups excluding carboxylic acids is 1. The van der Waals surface area contributed by atoms with E-state index in [-0.39, 0.29) is 11.6 Å². The largest absolute Gasteiger partial charge is 0.399 e. The predicted octanol–water partition coefficient (Wildman–Crippen LogP) is 3.53. The summed E-state index contributed by atoms with van der Waals surface area (Å²) in [4.78, 5) is 12.7. The van der Waals surface area contributed by atoms with Crippen LogP contribution in [0, 0.1) is 5.82 Å². The SMILES string of the molecule is Nc1cccc(SCCC(=O)Nc2ccccc2F)c1. The normalized spacial score (nSPS) is 10.2. The number of para-hydroxylation sites is 1. The molecular formula is C15H15FN2OS. The number of amides is 1. The van der Waals surface area contributed by atoms with E-state index in [4.69, 9.17) is 5.73 Å². The van der Waals surface area contributed by atoms with Crippen molar-refractivity contribution in [2.24, 2.45) is 0 Å². The topological polar surface area (TPSA) is 55.1 Å². The van der Waals surface area contributed by atoms with Crippen molar-refractivity contribution in [3.8, 4) is 0 Å². The first kappa shape index (κ1) is 14.4. The molecule has 1 amide bonds. The minimum absolute atomic E-state index is 0.202. The average Bonchev–Trinajstić information content (AvgIpc) is 2.41. The van der Waals surface area contributed by atoms with Crippen LogP contribution >= 0.6 is 11.8 Å². The van der Waals surface area contributed by atoms with Gasteiger partial charge in [-0.25, -0.2) is 4.39 Å². The molecule has 104 valence electrons. The van der Waals surface area contributed by atoms with Crippen LogP contribution in [0.5, 0.6) is 0 Å². The van der Waals surface area contributed by atoms with Gasteiger partial charge in [-0.15, -0.1) is 11.8 Å². The number of nitrogen functional groups attached to an aromatic ring is 1. The molecule has 20 heavy (non-hydrogen) atoms. The van der Waals surface area contributed by atoms with Gasteiger partial charge in [0, 0.05) is 22.8 Å². The smallest absolute Gasteiger partial charge is 0.225 e. The lowest BCUT2D eigenvalue weighted by Gasteiger charge is -2.06. The van der Waals surface area contributed by atoms with Gasteiger partial charge in [0.05, 0.1) is 5.69 Å². The second kappa shape index (κ2) is 6.96. The van der Waals surface area contributed by atoms with E-state index in [0.717, 1.165) is 4.90 Å². The zero-order chi connectivity index (χ0) is 14.4. The molecule has 2 aromatic carbocycles. The van der Waals surface area contributed by atoms with E-state index in [1.165, 1.54) is 12.1 Å². The monoisotopic (exact) mass is 290 g/mol. The van der Waals surface area contributed by atoms with Crippen molar-refractivity contribution in [3.63, 3.8) is 0 Å². The van der Waals surface area contributed by atoms with E-state index < -0.39 is 5.82 Å². The molecule has 2 rings (SSSR count). The van der Waals surface area contributed by atoms with Gasteiger partial charge < -0.3 is 11.1 Å². The summed E-state index contributed by atoms with van der Waals surface area (Å²) in [5.41, 5.74) is 6.59. The molecular weight excluding hydrogens is 275 g/mol. The molecule has 0 unspecified atom stereocenters. The third-order valence-corrected chi connectivity index (χ3v) is 3.60. The van der Waals surface area contributed by atoms with Gasteiger partial charge in [-0.3, -0.25) is 4.79 Å². The number of halogens is 1. The van der Waals surface area contributed by atoms with E-state index >= 15 is 0 Å². The van der Waals surface area contributed by atoms with Crippen molar-refractivity contribution in [2.45, 2.75) is 11.3 Å². The Morgan fingerprint density at radius 3 is 2.75 bits per heavy atom. The van der Waals surface area contributed by atoms with Crippen LogP contribution in [-0.4, -0.2) is 11.7 Å². The molecule has 0 fully saturated rings. The molecule has 0 atom stereocenters. The number of benzene rings is 2. The number of hydrogen-bond donors (Lipinski definition) is 2. The first-order chi connectivity index (χ1) is 9.65. The van der Waals surface area contributed by atoms with Crippen LogP contribution in [-0.2, 0) is 4.79 Å². The fourth-order valence-electron chi connectivity index (χ4n) is 1.64. The minimum atomic E-state index is -0.427. The number of hydrogen-bond acceptors (Lipinski definition) is 3. The Morgan fingerprint density at radius 2 is 2.00 bits per heavy atom. The number of thioether (sulfide) groups is 1. The Hall–Kier alpha value is -2.01. The highest BCUT2D eigenvalue weighted by atomic mass is 32.2. The quantitative estimate of drug-likeness (QED) is 0.654. The Bertz CT molecular complexity index is 604. The number of nitrogens with one attached hydrogen (secondary N) is 1. The Balaban J connectivity index is 1.80. The van der Waals surface area contributed by atoms with Crippen LogP contribution in [0.3, 0.4) is 0 Å². The lowest BCUT2D eigenvalue weighted by Crippen LogP contribution is -2.13. The number of rotatable bonds is 5. The Kier molecular flexibility index (Phi) is 5.01. The van der Waals surface area contributed by atoms with E-state index in [0.29, 0.717) is 17.9 Å². The zero-order valence-electron chi connectivity index (χ0n) is 10.8. The predicted molar refractivity (Wildman–Crippen MR) is 81.2 cm³/mol. The Labute approximate surface area is 121 Å². The van der Waals surface area contributed by atoms with Gasteiger partial charge in [0.1, 0.15) is 5.82 Å². The summed E-state index contributed by atoms with van der Waals surface area (Å²) in [5, 5.41) is 2.56. The van der Waals surface area contributed by atoms with E-state index in [2.05, 4.69) is 5.32 Å². The second-order valence-electron chi connectivity index (χ2n) is 4.20. The molecule has 2 aromatic rings. The average molecular weight is 290 g/mol. The maximum atomic E-state index is 13.3. The lowest BCUT2D eigenvalue weighted by atomic mass is 10.3. The molecule has 0 aliphatic heterocycles. The van der Waals surface area contributed by atoms with E-state index in [1.807, 2.05) is 24.3 Å². The molecule has 0 spiro atoms. The maximum Gasteiger partial charge on any atom is 0.225 e. The van der Waals surface area contributed by atoms with E-state index in [9.17, 15) is 9.18 Å². The summed E-state index contributed by atoms with van der Waals surface area (Å²) in [5.74, 6) is -0.0140. The van der Waals surface area contributed by atoms with Gasteiger partial charge in [0.15, 0.2) is 0 Å². The molecule has 5 heteroatoms. The van der Waals surface area contributed by atoms with Gasteiger partial charge in [-0.1, -0.05) is 18.2 Å². The highest BCUT2D eigenvalue weighted by Crippen LogP contribution is 2.21. The fraction of sp³-hybridized carbons (Fsp3) is 0.133. The molecule has 0 heterocycles. The molecule has 0 aliphatic carbocycles. The van der Waals surface area contributed by atoms with Crippen LogP contribution in [0.4, 0.5) is 15.8 Å². The minimum Gasteiger partial charge on any atom is -0.399 e. The summed E-state index contributed by atoms with van der Waals surface area (Å²) in [7, 11) is 0. The summed E-state index contributed by atoms with van der Waals surface area (Å²) in [6, 6.07) is 13.6. The molecule has 0 radical (unpaired) electrons. The van der Waals surface area contributed by atoms with Gasteiger partial charge >= 0.3 is 0 Å². The van der Waals surface area contributed by atoms with Gasteiger partial charge in [0.2, 0.25) is 5.91 Å². The molecule has 0 aromatic heterocycles.